The van der Waals surface area contributed by atoms with Gasteiger partial charge in [0, 0.05) is 19.4 Å². The van der Waals surface area contributed by atoms with Crippen molar-refractivity contribution in [3.05, 3.63) is 54.1 Å². The summed E-state index contributed by atoms with van der Waals surface area (Å²) in [7, 11) is 1.70. The molecule has 5 heteroatoms. The molecule has 0 saturated heterocycles. The lowest BCUT2D eigenvalue weighted by atomic mass is 10.2. The Hall–Kier alpha value is -2.43. The lowest BCUT2D eigenvalue weighted by Crippen LogP contribution is -2.28. The zero-order valence-corrected chi connectivity index (χ0v) is 10.1. The van der Waals surface area contributed by atoms with Crippen LogP contribution in [0.25, 0.3) is 0 Å². The Morgan fingerprint density at radius 2 is 2.00 bits per heavy atom. The van der Waals surface area contributed by atoms with E-state index >= 15 is 0 Å². The van der Waals surface area contributed by atoms with Gasteiger partial charge >= 0.3 is 0 Å². The van der Waals surface area contributed by atoms with E-state index in [2.05, 4.69) is 9.97 Å². The molecule has 2 aromatic rings. The van der Waals surface area contributed by atoms with Crippen LogP contribution in [0.5, 0.6) is 0 Å². The zero-order valence-electron chi connectivity index (χ0n) is 10.1. The molecule has 0 saturated carbocycles. The van der Waals surface area contributed by atoms with E-state index in [0.717, 1.165) is 5.69 Å². The van der Waals surface area contributed by atoms with Crippen LogP contribution in [-0.4, -0.2) is 27.8 Å². The van der Waals surface area contributed by atoms with Crippen molar-refractivity contribution < 1.29 is 4.79 Å². The number of hydrogen-bond acceptors (Lipinski definition) is 4. The normalized spacial score (nSPS) is 10.1. The fourth-order valence-electron chi connectivity index (χ4n) is 1.58. The van der Waals surface area contributed by atoms with Crippen LogP contribution in [0.3, 0.4) is 0 Å². The number of anilines is 1. The molecular weight excluding hydrogens is 228 g/mol. The van der Waals surface area contributed by atoms with Gasteiger partial charge in [-0.25, -0.2) is 4.98 Å². The van der Waals surface area contributed by atoms with E-state index < -0.39 is 0 Å². The lowest BCUT2D eigenvalue weighted by molar-refractivity contribution is 0.0779. The molecule has 0 fully saturated rings. The van der Waals surface area contributed by atoms with Crippen molar-refractivity contribution in [1.82, 2.24) is 14.9 Å². The van der Waals surface area contributed by atoms with Crippen molar-refractivity contribution in [3.63, 3.8) is 0 Å². The first kappa shape index (κ1) is 12.0. The number of amides is 1. The number of carbonyl (C=O) groups is 1. The van der Waals surface area contributed by atoms with Gasteiger partial charge in [0.05, 0.1) is 17.9 Å². The van der Waals surface area contributed by atoms with Crippen LogP contribution in [0.4, 0.5) is 5.69 Å². The van der Waals surface area contributed by atoms with Crippen LogP contribution in [-0.2, 0) is 6.54 Å². The summed E-state index contributed by atoms with van der Waals surface area (Å²) in [6, 6.07) is 8.95. The zero-order chi connectivity index (χ0) is 13.0. The Kier molecular flexibility index (Phi) is 3.52. The van der Waals surface area contributed by atoms with Crippen molar-refractivity contribution in [3.8, 4) is 0 Å². The summed E-state index contributed by atoms with van der Waals surface area (Å²) in [6.07, 6.45) is 3.25. The quantitative estimate of drug-likeness (QED) is 0.881. The topological polar surface area (TPSA) is 72.1 Å². The van der Waals surface area contributed by atoms with Crippen LogP contribution >= 0.6 is 0 Å². The van der Waals surface area contributed by atoms with E-state index in [4.69, 9.17) is 5.73 Å². The standard InChI is InChI=1S/C13H14N4O/c1-17(9-10-5-2-3-7-15-10)13(18)12-11(14)6-4-8-16-12/h2-8H,9,14H2,1H3. The number of carbonyl (C=O) groups excluding carboxylic acids is 1. The maximum atomic E-state index is 12.1. The molecular formula is C13H14N4O. The van der Waals surface area contributed by atoms with Gasteiger partial charge in [-0.3, -0.25) is 9.78 Å². The number of aromatic nitrogens is 2. The second-order valence-corrected chi connectivity index (χ2v) is 3.92. The summed E-state index contributed by atoms with van der Waals surface area (Å²) in [5.41, 5.74) is 7.21. The van der Waals surface area contributed by atoms with E-state index in [0.29, 0.717) is 12.2 Å². The minimum absolute atomic E-state index is 0.209. The summed E-state index contributed by atoms with van der Waals surface area (Å²) in [6.45, 7) is 0.426. The molecule has 0 aromatic carbocycles. The number of hydrogen-bond donors (Lipinski definition) is 1. The van der Waals surface area contributed by atoms with E-state index in [1.54, 1.807) is 36.5 Å². The van der Waals surface area contributed by atoms with Gasteiger partial charge in [-0.1, -0.05) is 6.07 Å². The number of rotatable bonds is 3. The van der Waals surface area contributed by atoms with Crippen molar-refractivity contribution in [2.75, 3.05) is 12.8 Å². The van der Waals surface area contributed by atoms with Gasteiger partial charge in [-0.2, -0.15) is 0 Å². The molecule has 1 amide bonds. The Morgan fingerprint density at radius 3 is 2.67 bits per heavy atom. The van der Waals surface area contributed by atoms with Crippen molar-refractivity contribution >= 4 is 11.6 Å². The molecule has 2 aromatic heterocycles. The van der Waals surface area contributed by atoms with Gasteiger partial charge in [0.15, 0.2) is 5.69 Å². The van der Waals surface area contributed by atoms with Crippen LogP contribution < -0.4 is 5.73 Å². The lowest BCUT2D eigenvalue weighted by Gasteiger charge is -2.16. The van der Waals surface area contributed by atoms with E-state index in [1.807, 2.05) is 18.2 Å². The van der Waals surface area contributed by atoms with Crippen LogP contribution in [0, 0.1) is 0 Å². The molecule has 2 heterocycles. The molecule has 18 heavy (non-hydrogen) atoms. The molecule has 0 bridgehead atoms. The number of nitrogens with zero attached hydrogens (tertiary/aromatic N) is 3. The third-order valence-electron chi connectivity index (χ3n) is 2.51. The number of pyridine rings is 2. The van der Waals surface area contributed by atoms with Gasteiger partial charge < -0.3 is 10.6 Å². The van der Waals surface area contributed by atoms with Crippen LogP contribution in [0.1, 0.15) is 16.2 Å². The smallest absolute Gasteiger partial charge is 0.274 e. The summed E-state index contributed by atoms with van der Waals surface area (Å²) in [4.78, 5) is 21.8. The SMILES string of the molecule is CN(Cc1ccccn1)C(=O)c1ncccc1N. The van der Waals surface area contributed by atoms with Crippen LogP contribution in [0.15, 0.2) is 42.7 Å². The summed E-state index contributed by atoms with van der Waals surface area (Å²) < 4.78 is 0. The Bertz CT molecular complexity index is 542. The average Bonchev–Trinajstić information content (AvgIpc) is 2.39. The number of nitrogen functional groups attached to an aromatic ring is 1. The number of nitrogens with two attached hydrogens (primary N) is 1. The largest absolute Gasteiger partial charge is 0.397 e. The average molecular weight is 242 g/mol. The van der Waals surface area contributed by atoms with Gasteiger partial charge in [0.1, 0.15) is 0 Å². The summed E-state index contributed by atoms with van der Waals surface area (Å²) in [5, 5.41) is 0. The summed E-state index contributed by atoms with van der Waals surface area (Å²) >= 11 is 0. The van der Waals surface area contributed by atoms with E-state index in [9.17, 15) is 4.79 Å². The Morgan fingerprint density at radius 1 is 1.22 bits per heavy atom. The second-order valence-electron chi connectivity index (χ2n) is 3.92. The molecule has 0 unspecified atom stereocenters. The first-order chi connectivity index (χ1) is 8.68. The highest BCUT2D eigenvalue weighted by molar-refractivity contribution is 5.96. The molecule has 2 rings (SSSR count). The molecule has 92 valence electrons. The third kappa shape index (κ3) is 2.63. The molecule has 0 aliphatic rings. The van der Waals surface area contributed by atoms with Gasteiger partial charge in [0.2, 0.25) is 0 Å². The maximum Gasteiger partial charge on any atom is 0.274 e. The fourth-order valence-corrected chi connectivity index (χ4v) is 1.58. The summed E-state index contributed by atoms with van der Waals surface area (Å²) in [5.74, 6) is -0.209. The predicted molar refractivity (Wildman–Crippen MR) is 68.7 cm³/mol. The highest BCUT2D eigenvalue weighted by Gasteiger charge is 2.16. The van der Waals surface area contributed by atoms with Gasteiger partial charge in [-0.05, 0) is 24.3 Å². The molecule has 0 aliphatic heterocycles. The Labute approximate surface area is 105 Å². The third-order valence-corrected chi connectivity index (χ3v) is 2.51. The maximum absolute atomic E-state index is 12.1. The molecule has 0 radical (unpaired) electrons. The van der Waals surface area contributed by atoms with Crippen LogP contribution in [0.2, 0.25) is 0 Å². The molecule has 0 aliphatic carbocycles. The second kappa shape index (κ2) is 5.27. The van der Waals surface area contributed by atoms with E-state index in [-0.39, 0.29) is 11.6 Å². The Balaban J connectivity index is 2.13. The molecule has 5 nitrogen and oxygen atoms in total. The molecule has 0 spiro atoms. The highest BCUT2D eigenvalue weighted by Crippen LogP contribution is 2.11. The first-order valence-electron chi connectivity index (χ1n) is 5.54. The van der Waals surface area contributed by atoms with Gasteiger partial charge in [-0.15, -0.1) is 0 Å². The molecule has 0 atom stereocenters. The van der Waals surface area contributed by atoms with Crippen molar-refractivity contribution in [1.29, 1.82) is 0 Å². The molecule has 2 N–H and O–H groups in total. The first-order valence-corrected chi connectivity index (χ1v) is 5.54. The van der Waals surface area contributed by atoms with Crippen molar-refractivity contribution in [2.45, 2.75) is 6.54 Å². The van der Waals surface area contributed by atoms with Gasteiger partial charge in [0.25, 0.3) is 5.91 Å². The minimum atomic E-state index is -0.209. The fraction of sp³-hybridized carbons (Fsp3) is 0.154. The van der Waals surface area contributed by atoms with E-state index in [1.165, 1.54) is 0 Å². The predicted octanol–water partition coefficient (Wildman–Crippen LogP) is 1.33. The van der Waals surface area contributed by atoms with Crippen molar-refractivity contribution in [2.24, 2.45) is 0 Å². The minimum Gasteiger partial charge on any atom is -0.397 e. The highest BCUT2D eigenvalue weighted by atomic mass is 16.2. The monoisotopic (exact) mass is 242 g/mol.